The van der Waals surface area contributed by atoms with Crippen LogP contribution in [0.1, 0.15) is 22.3 Å². The van der Waals surface area contributed by atoms with Crippen LogP contribution in [-0.4, -0.2) is 26.2 Å². The van der Waals surface area contributed by atoms with E-state index >= 15 is 0 Å². The maximum absolute atomic E-state index is 9.16. The van der Waals surface area contributed by atoms with E-state index in [2.05, 4.69) is 15.3 Å². The molecule has 0 fully saturated rings. The zero-order valence-corrected chi connectivity index (χ0v) is 9.83. The summed E-state index contributed by atoms with van der Waals surface area (Å²) in [6, 6.07) is 3.98. The molecule has 5 nitrogen and oxygen atoms in total. The number of rotatable bonds is 3. The van der Waals surface area contributed by atoms with Crippen molar-refractivity contribution >= 4 is 6.21 Å². The molecule has 0 radical (unpaired) electrons. The molecule has 0 aliphatic rings. The van der Waals surface area contributed by atoms with Crippen LogP contribution in [0.4, 0.5) is 0 Å². The number of aliphatic hydroxyl groups excluding tert-OH is 1. The van der Waals surface area contributed by atoms with Crippen LogP contribution in [0.3, 0.4) is 0 Å². The first-order chi connectivity index (χ1) is 8.20. The predicted molar refractivity (Wildman–Crippen MR) is 64.9 cm³/mol. The third-order valence-corrected chi connectivity index (χ3v) is 2.63. The van der Waals surface area contributed by atoms with Crippen LogP contribution in [0.5, 0.6) is 0 Å². The molecule has 88 valence electrons. The first-order valence-electron chi connectivity index (χ1n) is 5.30. The van der Waals surface area contributed by atoms with E-state index in [9.17, 15) is 0 Å². The maximum atomic E-state index is 9.16. The minimum Gasteiger partial charge on any atom is -0.392 e. The summed E-state index contributed by atoms with van der Waals surface area (Å²) < 4.78 is 1.54. The first kappa shape index (κ1) is 11.5. The van der Waals surface area contributed by atoms with E-state index < -0.39 is 0 Å². The van der Waals surface area contributed by atoms with Crippen LogP contribution in [0, 0.1) is 13.8 Å². The molecule has 0 atom stereocenters. The summed E-state index contributed by atoms with van der Waals surface area (Å²) in [4.78, 5) is 0. The number of aliphatic hydroxyl groups is 1. The minimum absolute atomic E-state index is 0.0650. The summed E-state index contributed by atoms with van der Waals surface area (Å²) in [7, 11) is 0. The highest BCUT2D eigenvalue weighted by molar-refractivity contribution is 5.82. The maximum Gasteiger partial charge on any atom is 0.141 e. The number of hydrogen-bond donors (Lipinski definition) is 1. The Morgan fingerprint density at radius 2 is 1.94 bits per heavy atom. The molecule has 2 rings (SSSR count). The average molecular weight is 230 g/mol. The van der Waals surface area contributed by atoms with E-state index in [1.807, 2.05) is 26.0 Å². The second kappa shape index (κ2) is 4.88. The average Bonchev–Trinajstić information content (AvgIpc) is 2.82. The third kappa shape index (κ3) is 2.57. The van der Waals surface area contributed by atoms with Gasteiger partial charge in [0.2, 0.25) is 0 Å². The number of nitrogens with zero attached hydrogens (tertiary/aromatic N) is 4. The quantitative estimate of drug-likeness (QED) is 0.808. The molecule has 1 N–H and O–H groups in total. The molecule has 0 saturated heterocycles. The van der Waals surface area contributed by atoms with E-state index in [1.54, 1.807) is 6.21 Å². The highest BCUT2D eigenvalue weighted by Crippen LogP contribution is 2.14. The van der Waals surface area contributed by atoms with Gasteiger partial charge in [-0.15, -0.1) is 10.2 Å². The summed E-state index contributed by atoms with van der Waals surface area (Å²) in [6.45, 7) is 4.03. The molecule has 1 aromatic carbocycles. The lowest BCUT2D eigenvalue weighted by Gasteiger charge is -2.07. The monoisotopic (exact) mass is 230 g/mol. The van der Waals surface area contributed by atoms with Gasteiger partial charge in [0.1, 0.15) is 12.7 Å². The van der Waals surface area contributed by atoms with Gasteiger partial charge in [-0.2, -0.15) is 5.10 Å². The Bertz CT molecular complexity index is 532. The van der Waals surface area contributed by atoms with Crippen molar-refractivity contribution in [2.75, 3.05) is 0 Å². The lowest BCUT2D eigenvalue weighted by atomic mass is 10.0. The van der Waals surface area contributed by atoms with Crippen molar-refractivity contribution in [1.82, 2.24) is 14.9 Å². The molecule has 0 saturated carbocycles. The van der Waals surface area contributed by atoms with Gasteiger partial charge >= 0.3 is 0 Å². The van der Waals surface area contributed by atoms with Crippen LogP contribution < -0.4 is 0 Å². The molecule has 0 unspecified atom stereocenters. The van der Waals surface area contributed by atoms with Crippen LogP contribution >= 0.6 is 0 Å². The van der Waals surface area contributed by atoms with Crippen molar-refractivity contribution in [1.29, 1.82) is 0 Å². The van der Waals surface area contributed by atoms with Crippen LogP contribution in [0.25, 0.3) is 0 Å². The zero-order chi connectivity index (χ0) is 12.3. The van der Waals surface area contributed by atoms with Gasteiger partial charge in [0.25, 0.3) is 0 Å². The van der Waals surface area contributed by atoms with Gasteiger partial charge in [-0.3, -0.25) is 0 Å². The Balaban J connectivity index is 2.30. The number of benzene rings is 1. The van der Waals surface area contributed by atoms with Gasteiger partial charge < -0.3 is 5.11 Å². The molecule has 5 heteroatoms. The molecule has 1 heterocycles. The van der Waals surface area contributed by atoms with E-state index in [0.717, 1.165) is 22.3 Å². The van der Waals surface area contributed by atoms with E-state index in [1.165, 1.54) is 17.3 Å². The first-order valence-corrected chi connectivity index (χ1v) is 5.30. The van der Waals surface area contributed by atoms with Gasteiger partial charge in [-0.1, -0.05) is 6.07 Å². The molecule has 2 aromatic rings. The number of hydrogen-bond acceptors (Lipinski definition) is 4. The Hall–Kier alpha value is -2.01. The van der Waals surface area contributed by atoms with Gasteiger partial charge in [-0.05, 0) is 42.2 Å². The van der Waals surface area contributed by atoms with Crippen molar-refractivity contribution in [3.8, 4) is 0 Å². The molecule has 1 aromatic heterocycles. The molecule has 0 aliphatic heterocycles. The summed E-state index contributed by atoms with van der Waals surface area (Å²) >= 11 is 0. The smallest absolute Gasteiger partial charge is 0.141 e. The Kier molecular flexibility index (Phi) is 3.30. The van der Waals surface area contributed by atoms with E-state index in [0.29, 0.717) is 0 Å². The molecular weight excluding hydrogens is 216 g/mol. The summed E-state index contributed by atoms with van der Waals surface area (Å²) in [5.41, 5.74) is 4.11. The molecule has 0 bridgehead atoms. The summed E-state index contributed by atoms with van der Waals surface area (Å²) in [6.07, 6.45) is 4.81. The lowest BCUT2D eigenvalue weighted by molar-refractivity contribution is 0.281. The van der Waals surface area contributed by atoms with Gasteiger partial charge in [-0.25, -0.2) is 4.68 Å². The van der Waals surface area contributed by atoms with Crippen molar-refractivity contribution in [3.05, 3.63) is 47.0 Å². The zero-order valence-electron chi connectivity index (χ0n) is 9.83. The van der Waals surface area contributed by atoms with Crippen LogP contribution in [0.15, 0.2) is 29.9 Å². The van der Waals surface area contributed by atoms with Crippen LogP contribution in [-0.2, 0) is 6.61 Å². The minimum atomic E-state index is 0.0650. The number of aryl methyl sites for hydroxylation is 2. The molecule has 0 amide bonds. The SMILES string of the molecule is Cc1cc(CO)c(C)cc1/C=N/n1cnnc1. The Morgan fingerprint density at radius 1 is 1.24 bits per heavy atom. The standard InChI is InChI=1S/C12H14N4O/c1-9-4-12(6-17)10(2)3-11(9)5-15-16-7-13-14-8-16/h3-5,7-8,17H,6H2,1-2H3/b15-5+. The summed E-state index contributed by atoms with van der Waals surface area (Å²) in [5.74, 6) is 0. The van der Waals surface area contributed by atoms with E-state index in [-0.39, 0.29) is 6.61 Å². The topological polar surface area (TPSA) is 63.3 Å². The Labute approximate surface area is 99.4 Å². The molecular formula is C12H14N4O. The van der Waals surface area contributed by atoms with Crippen molar-refractivity contribution < 1.29 is 5.11 Å². The second-order valence-corrected chi connectivity index (χ2v) is 3.88. The molecule has 0 aliphatic carbocycles. The normalized spacial score (nSPS) is 11.2. The van der Waals surface area contributed by atoms with Gasteiger partial charge in [0.15, 0.2) is 0 Å². The fourth-order valence-electron chi connectivity index (χ4n) is 1.59. The largest absolute Gasteiger partial charge is 0.392 e. The second-order valence-electron chi connectivity index (χ2n) is 3.88. The van der Waals surface area contributed by atoms with Crippen LogP contribution in [0.2, 0.25) is 0 Å². The fraction of sp³-hybridized carbons (Fsp3) is 0.250. The third-order valence-electron chi connectivity index (χ3n) is 2.63. The fourth-order valence-corrected chi connectivity index (χ4v) is 1.59. The predicted octanol–water partition coefficient (Wildman–Crippen LogP) is 1.27. The summed E-state index contributed by atoms with van der Waals surface area (Å²) in [5, 5.41) is 20.7. The van der Waals surface area contributed by atoms with Crippen molar-refractivity contribution in [2.24, 2.45) is 5.10 Å². The highest BCUT2D eigenvalue weighted by atomic mass is 16.3. The highest BCUT2D eigenvalue weighted by Gasteiger charge is 2.02. The van der Waals surface area contributed by atoms with Gasteiger partial charge in [0, 0.05) is 0 Å². The van der Waals surface area contributed by atoms with Crippen molar-refractivity contribution in [2.45, 2.75) is 20.5 Å². The molecule has 0 spiro atoms. The van der Waals surface area contributed by atoms with Gasteiger partial charge in [0.05, 0.1) is 12.8 Å². The number of aromatic nitrogens is 3. The van der Waals surface area contributed by atoms with Crippen molar-refractivity contribution in [3.63, 3.8) is 0 Å². The van der Waals surface area contributed by atoms with E-state index in [4.69, 9.17) is 5.11 Å². The Morgan fingerprint density at radius 3 is 2.59 bits per heavy atom. The molecule has 17 heavy (non-hydrogen) atoms. The lowest BCUT2D eigenvalue weighted by Crippen LogP contribution is -1.96.